The number of rotatable bonds is 4. The van der Waals surface area contributed by atoms with Gasteiger partial charge in [-0.15, -0.1) is 0 Å². The van der Waals surface area contributed by atoms with Crippen molar-refractivity contribution in [1.29, 1.82) is 0 Å². The number of carbonyl (C=O) groups is 2. The molecule has 158 valence electrons. The van der Waals surface area contributed by atoms with Crippen LogP contribution in [-0.4, -0.2) is 49.1 Å². The largest absolute Gasteiger partial charge is 0.274 e. The van der Waals surface area contributed by atoms with Gasteiger partial charge in [0.25, 0.3) is 11.8 Å². The Morgan fingerprint density at radius 1 is 0.774 bits per heavy atom. The van der Waals surface area contributed by atoms with Gasteiger partial charge in [0.2, 0.25) is 10.0 Å². The lowest BCUT2D eigenvalue weighted by molar-refractivity contribution is 0.0567. The molecule has 2 aliphatic heterocycles. The molecule has 31 heavy (non-hydrogen) atoms. The van der Waals surface area contributed by atoms with Crippen LogP contribution in [0.25, 0.3) is 10.8 Å². The van der Waals surface area contributed by atoms with E-state index in [1.54, 1.807) is 42.5 Å². The second kappa shape index (κ2) is 7.59. The molecule has 3 aromatic rings. The molecule has 0 radical (unpaired) electrons. The lowest BCUT2D eigenvalue weighted by atomic mass is 9.92. The second-order valence-corrected chi connectivity index (χ2v) is 10.0. The van der Waals surface area contributed by atoms with Crippen LogP contribution < -0.4 is 0 Å². The Morgan fingerprint density at radius 3 is 1.94 bits per heavy atom. The molecule has 2 amide bonds. The Balaban J connectivity index is 1.32. The van der Waals surface area contributed by atoms with Crippen molar-refractivity contribution in [3.63, 3.8) is 0 Å². The van der Waals surface area contributed by atoms with Crippen molar-refractivity contribution in [1.82, 2.24) is 9.21 Å². The number of carbonyl (C=O) groups excluding carboxylic acids is 2. The Bertz CT molecular complexity index is 1230. The summed E-state index contributed by atoms with van der Waals surface area (Å²) >= 11 is 0. The molecule has 1 saturated heterocycles. The number of hydrogen-bond acceptors (Lipinski definition) is 4. The van der Waals surface area contributed by atoms with Crippen molar-refractivity contribution >= 4 is 32.6 Å². The smallest absolute Gasteiger partial charge is 0.261 e. The molecular formula is C24H22N2O4S. The third-order valence-electron chi connectivity index (χ3n) is 6.25. The van der Waals surface area contributed by atoms with E-state index in [2.05, 4.69) is 0 Å². The van der Waals surface area contributed by atoms with E-state index in [0.29, 0.717) is 48.5 Å². The third kappa shape index (κ3) is 3.34. The summed E-state index contributed by atoms with van der Waals surface area (Å²) in [6, 6.07) is 19.4. The number of amides is 2. The van der Waals surface area contributed by atoms with Gasteiger partial charge in [0.05, 0.1) is 4.90 Å². The zero-order valence-electron chi connectivity index (χ0n) is 16.9. The zero-order valence-corrected chi connectivity index (χ0v) is 17.7. The van der Waals surface area contributed by atoms with E-state index in [4.69, 9.17) is 0 Å². The molecule has 0 saturated carbocycles. The van der Waals surface area contributed by atoms with E-state index in [1.165, 1.54) is 9.21 Å². The molecule has 2 aliphatic rings. The first-order valence-electron chi connectivity index (χ1n) is 10.4. The molecule has 1 fully saturated rings. The van der Waals surface area contributed by atoms with E-state index >= 15 is 0 Å². The fourth-order valence-corrected chi connectivity index (χ4v) is 6.07. The van der Waals surface area contributed by atoms with Crippen LogP contribution in [0.2, 0.25) is 0 Å². The van der Waals surface area contributed by atoms with E-state index < -0.39 is 10.0 Å². The predicted octanol–water partition coefficient (Wildman–Crippen LogP) is 3.54. The molecule has 0 aliphatic carbocycles. The molecular weight excluding hydrogens is 412 g/mol. The van der Waals surface area contributed by atoms with Gasteiger partial charge in [-0.1, -0.05) is 42.5 Å². The maximum Gasteiger partial charge on any atom is 0.261 e. The summed E-state index contributed by atoms with van der Waals surface area (Å²) in [6.07, 6.45) is 1.21. The topological polar surface area (TPSA) is 74.8 Å². The minimum Gasteiger partial charge on any atom is -0.274 e. The Morgan fingerprint density at radius 2 is 1.35 bits per heavy atom. The molecule has 0 spiro atoms. The molecule has 5 rings (SSSR count). The number of hydrogen-bond donors (Lipinski definition) is 0. The molecule has 3 aromatic carbocycles. The highest BCUT2D eigenvalue weighted by Crippen LogP contribution is 2.32. The molecule has 7 heteroatoms. The van der Waals surface area contributed by atoms with E-state index in [1.807, 2.05) is 24.3 Å². The lowest BCUT2D eigenvalue weighted by Gasteiger charge is -2.35. The predicted molar refractivity (Wildman–Crippen MR) is 117 cm³/mol. The van der Waals surface area contributed by atoms with Crippen molar-refractivity contribution in [2.24, 2.45) is 5.92 Å². The van der Waals surface area contributed by atoms with Gasteiger partial charge in [0.15, 0.2) is 0 Å². The highest BCUT2D eigenvalue weighted by Gasteiger charge is 2.36. The van der Waals surface area contributed by atoms with Crippen LogP contribution in [0.5, 0.6) is 0 Å². The number of piperidine rings is 1. The number of imide groups is 1. The number of nitrogens with zero attached hydrogens (tertiary/aromatic N) is 2. The quantitative estimate of drug-likeness (QED) is 0.589. The summed E-state index contributed by atoms with van der Waals surface area (Å²) in [5.74, 6) is -0.470. The van der Waals surface area contributed by atoms with Crippen LogP contribution in [-0.2, 0) is 10.0 Å². The molecule has 0 bridgehead atoms. The third-order valence-corrected chi connectivity index (χ3v) is 8.16. The molecule has 0 unspecified atom stereocenters. The first-order valence-corrected chi connectivity index (χ1v) is 11.8. The summed E-state index contributed by atoms with van der Waals surface area (Å²) < 4.78 is 27.2. The highest BCUT2D eigenvalue weighted by atomic mass is 32.2. The summed E-state index contributed by atoms with van der Waals surface area (Å²) in [6.45, 7) is 1.07. The van der Waals surface area contributed by atoms with Crippen molar-refractivity contribution < 1.29 is 18.0 Å². The highest BCUT2D eigenvalue weighted by molar-refractivity contribution is 7.89. The van der Waals surface area contributed by atoms with E-state index in [0.717, 1.165) is 10.8 Å². The summed E-state index contributed by atoms with van der Waals surface area (Å²) in [4.78, 5) is 27.8. The van der Waals surface area contributed by atoms with Gasteiger partial charge in [-0.3, -0.25) is 14.5 Å². The summed E-state index contributed by atoms with van der Waals surface area (Å²) in [5.41, 5.74) is 1.11. The second-order valence-electron chi connectivity index (χ2n) is 8.09. The average Bonchev–Trinajstić information content (AvgIpc) is 2.81. The van der Waals surface area contributed by atoms with Crippen LogP contribution in [0.3, 0.4) is 0 Å². The molecule has 6 nitrogen and oxygen atoms in total. The maximum atomic E-state index is 13.1. The molecule has 2 heterocycles. The van der Waals surface area contributed by atoms with Gasteiger partial charge in [-0.05, 0) is 48.4 Å². The van der Waals surface area contributed by atoms with Gasteiger partial charge < -0.3 is 0 Å². The minimum absolute atomic E-state index is 0.0691. The van der Waals surface area contributed by atoms with E-state index in [-0.39, 0.29) is 17.7 Å². The fourth-order valence-electron chi connectivity index (χ4n) is 4.58. The standard InChI is InChI=1S/C24H22N2O4S/c27-23-20-10-4-6-18-7-5-11-21(22(18)20)24(28)26(23)16-17-12-14-25(15-13-17)31(29,30)19-8-2-1-3-9-19/h1-11,17H,12-16H2. The Kier molecular flexibility index (Phi) is 4.87. The minimum atomic E-state index is -3.52. The molecule has 0 aromatic heterocycles. The van der Waals surface area contributed by atoms with E-state index in [9.17, 15) is 18.0 Å². The summed E-state index contributed by atoms with van der Waals surface area (Å²) in [7, 11) is -3.52. The normalized spacial score (nSPS) is 18.0. The number of sulfonamides is 1. The van der Waals surface area contributed by atoms with Crippen molar-refractivity contribution in [2.45, 2.75) is 17.7 Å². The molecule has 0 atom stereocenters. The van der Waals surface area contributed by atoms with Gasteiger partial charge in [0.1, 0.15) is 0 Å². The zero-order chi connectivity index (χ0) is 21.6. The number of benzene rings is 3. The van der Waals surface area contributed by atoms with Crippen molar-refractivity contribution in [3.8, 4) is 0 Å². The van der Waals surface area contributed by atoms with Gasteiger partial charge >= 0.3 is 0 Å². The van der Waals surface area contributed by atoms with Crippen LogP contribution in [0.1, 0.15) is 33.6 Å². The van der Waals surface area contributed by atoms with Crippen molar-refractivity contribution in [3.05, 3.63) is 77.9 Å². The van der Waals surface area contributed by atoms with Crippen LogP contribution >= 0.6 is 0 Å². The van der Waals surface area contributed by atoms with Gasteiger partial charge in [-0.2, -0.15) is 4.31 Å². The lowest BCUT2D eigenvalue weighted by Crippen LogP contribution is -2.46. The first-order chi connectivity index (χ1) is 15.0. The monoisotopic (exact) mass is 434 g/mol. The van der Waals surface area contributed by atoms with Crippen LogP contribution in [0.4, 0.5) is 0 Å². The fraction of sp³-hybridized carbons (Fsp3) is 0.250. The Hall–Kier alpha value is -3.03. The maximum absolute atomic E-state index is 13.1. The van der Waals surface area contributed by atoms with Gasteiger partial charge in [-0.25, -0.2) is 8.42 Å². The van der Waals surface area contributed by atoms with Crippen molar-refractivity contribution in [2.75, 3.05) is 19.6 Å². The summed E-state index contributed by atoms with van der Waals surface area (Å²) in [5, 5.41) is 1.61. The average molecular weight is 435 g/mol. The van der Waals surface area contributed by atoms with Crippen LogP contribution in [0.15, 0.2) is 71.6 Å². The van der Waals surface area contributed by atoms with Gasteiger partial charge in [0, 0.05) is 36.1 Å². The molecule has 0 N–H and O–H groups in total. The first kappa shape index (κ1) is 19.9. The van der Waals surface area contributed by atoms with Crippen LogP contribution in [0, 0.1) is 5.92 Å². The SMILES string of the molecule is O=C1c2cccc3cccc(c23)C(=O)N1CC1CCN(S(=O)(=O)c2ccccc2)CC1. The Labute approximate surface area is 181 Å².